The summed E-state index contributed by atoms with van der Waals surface area (Å²) < 4.78 is 34.2. The Morgan fingerprint density at radius 1 is 1.16 bits per heavy atom. The quantitative estimate of drug-likeness (QED) is 0.727. The van der Waals surface area contributed by atoms with Gasteiger partial charge in [-0.15, -0.1) is 0 Å². The predicted octanol–water partition coefficient (Wildman–Crippen LogP) is 2.72. The van der Waals surface area contributed by atoms with Crippen molar-refractivity contribution in [3.05, 3.63) is 18.2 Å². The number of hydrogen-bond acceptors (Lipinski definition) is 5. The largest absolute Gasteiger partial charge is 0.493 e. The lowest BCUT2D eigenvalue weighted by atomic mass is 10.1. The smallest absolute Gasteiger partial charge is 0.387 e. The van der Waals surface area contributed by atoms with Crippen LogP contribution >= 0.6 is 0 Å². The SMILES string of the molecule is COc1ccc(NC(C)C(=O)NC(=O)NC(C)(C)C)cc1OC(F)F. The van der Waals surface area contributed by atoms with Crippen LogP contribution in [0.1, 0.15) is 27.7 Å². The van der Waals surface area contributed by atoms with Crippen LogP contribution in [0.2, 0.25) is 0 Å². The third kappa shape index (κ3) is 7.23. The molecule has 0 spiro atoms. The monoisotopic (exact) mass is 359 g/mol. The predicted molar refractivity (Wildman–Crippen MR) is 89.1 cm³/mol. The second kappa shape index (κ2) is 8.50. The summed E-state index contributed by atoms with van der Waals surface area (Å²) in [6.07, 6.45) is 0. The molecule has 1 unspecified atom stereocenters. The van der Waals surface area contributed by atoms with Crippen LogP contribution in [-0.4, -0.2) is 37.2 Å². The van der Waals surface area contributed by atoms with E-state index in [9.17, 15) is 18.4 Å². The van der Waals surface area contributed by atoms with E-state index < -0.39 is 30.1 Å². The number of ether oxygens (including phenoxy) is 2. The molecule has 0 bridgehead atoms. The Morgan fingerprint density at radius 2 is 1.80 bits per heavy atom. The number of halogens is 2. The molecular weight excluding hydrogens is 336 g/mol. The number of alkyl halides is 2. The molecule has 0 fully saturated rings. The average molecular weight is 359 g/mol. The Balaban J connectivity index is 2.74. The maximum Gasteiger partial charge on any atom is 0.387 e. The highest BCUT2D eigenvalue weighted by molar-refractivity contribution is 5.98. The van der Waals surface area contributed by atoms with Crippen LogP contribution < -0.4 is 25.4 Å². The normalized spacial score (nSPS) is 12.3. The molecule has 0 saturated heterocycles. The molecule has 1 rings (SSSR count). The molecule has 1 aromatic carbocycles. The Labute approximate surface area is 145 Å². The minimum absolute atomic E-state index is 0.132. The summed E-state index contributed by atoms with van der Waals surface area (Å²) in [6.45, 7) is 3.85. The van der Waals surface area contributed by atoms with E-state index in [1.165, 1.54) is 32.2 Å². The summed E-state index contributed by atoms with van der Waals surface area (Å²) in [5.41, 5.74) is -0.131. The van der Waals surface area contributed by atoms with Gasteiger partial charge in [0.05, 0.1) is 7.11 Å². The Kier molecular flexibility index (Phi) is 6.96. The molecule has 0 heterocycles. The van der Waals surface area contributed by atoms with Gasteiger partial charge in [0.15, 0.2) is 11.5 Å². The van der Waals surface area contributed by atoms with Crippen molar-refractivity contribution >= 4 is 17.6 Å². The number of hydrogen-bond donors (Lipinski definition) is 3. The second-order valence-electron chi connectivity index (χ2n) is 6.30. The van der Waals surface area contributed by atoms with Gasteiger partial charge in [-0.25, -0.2) is 4.79 Å². The summed E-state index contributed by atoms with van der Waals surface area (Å²) in [5.74, 6) is -0.609. The van der Waals surface area contributed by atoms with Crippen molar-refractivity contribution < 1.29 is 27.8 Å². The number of anilines is 1. The van der Waals surface area contributed by atoms with Gasteiger partial charge in [0.1, 0.15) is 6.04 Å². The summed E-state index contributed by atoms with van der Waals surface area (Å²) in [5, 5.41) is 7.60. The lowest BCUT2D eigenvalue weighted by molar-refractivity contribution is -0.120. The van der Waals surface area contributed by atoms with Gasteiger partial charge in [-0.3, -0.25) is 10.1 Å². The number of methoxy groups -OCH3 is 1. The number of benzene rings is 1. The van der Waals surface area contributed by atoms with Gasteiger partial charge in [0.2, 0.25) is 5.91 Å². The topological polar surface area (TPSA) is 88.7 Å². The van der Waals surface area contributed by atoms with E-state index in [4.69, 9.17) is 4.74 Å². The molecule has 7 nitrogen and oxygen atoms in total. The number of urea groups is 1. The molecule has 0 aromatic heterocycles. The first-order valence-electron chi connectivity index (χ1n) is 7.54. The van der Waals surface area contributed by atoms with Crippen molar-refractivity contribution in [1.29, 1.82) is 0 Å². The number of nitrogens with one attached hydrogen (secondary N) is 3. The Hall–Kier alpha value is -2.58. The van der Waals surface area contributed by atoms with Crippen LogP contribution in [0.3, 0.4) is 0 Å². The van der Waals surface area contributed by atoms with Crippen molar-refractivity contribution in [1.82, 2.24) is 10.6 Å². The zero-order valence-electron chi connectivity index (χ0n) is 14.8. The molecule has 0 aliphatic rings. The van der Waals surface area contributed by atoms with Crippen LogP contribution in [0.25, 0.3) is 0 Å². The summed E-state index contributed by atoms with van der Waals surface area (Å²) in [7, 11) is 1.32. The zero-order chi connectivity index (χ0) is 19.2. The van der Waals surface area contributed by atoms with Crippen LogP contribution in [0, 0.1) is 0 Å². The van der Waals surface area contributed by atoms with Crippen LogP contribution in [0.15, 0.2) is 18.2 Å². The highest BCUT2D eigenvalue weighted by Gasteiger charge is 2.20. The second-order valence-corrected chi connectivity index (χ2v) is 6.30. The maximum atomic E-state index is 12.4. The highest BCUT2D eigenvalue weighted by Crippen LogP contribution is 2.31. The lowest BCUT2D eigenvalue weighted by Crippen LogP contribution is -2.51. The van der Waals surface area contributed by atoms with Gasteiger partial charge in [-0.2, -0.15) is 8.78 Å². The minimum Gasteiger partial charge on any atom is -0.493 e. The molecule has 0 aliphatic heterocycles. The van der Waals surface area contributed by atoms with Gasteiger partial charge in [0.25, 0.3) is 0 Å². The van der Waals surface area contributed by atoms with E-state index in [1.54, 1.807) is 20.8 Å². The van der Waals surface area contributed by atoms with Crippen LogP contribution in [0.5, 0.6) is 11.5 Å². The van der Waals surface area contributed by atoms with Crippen molar-refractivity contribution in [2.75, 3.05) is 12.4 Å². The number of carbonyl (C=O) groups excluding carboxylic acids is 2. The number of imide groups is 1. The first-order chi connectivity index (χ1) is 11.5. The summed E-state index contributed by atoms with van der Waals surface area (Å²) in [4.78, 5) is 23.7. The van der Waals surface area contributed by atoms with E-state index >= 15 is 0 Å². The van der Waals surface area contributed by atoms with E-state index in [0.29, 0.717) is 5.69 Å². The van der Waals surface area contributed by atoms with Gasteiger partial charge in [-0.05, 0) is 39.8 Å². The molecule has 3 N–H and O–H groups in total. The molecular formula is C16H23F2N3O4. The zero-order valence-corrected chi connectivity index (χ0v) is 14.8. The number of rotatable bonds is 6. The summed E-state index contributed by atoms with van der Waals surface area (Å²) >= 11 is 0. The molecule has 9 heteroatoms. The van der Waals surface area contributed by atoms with E-state index in [0.717, 1.165) is 0 Å². The molecule has 1 aromatic rings. The Morgan fingerprint density at radius 3 is 2.32 bits per heavy atom. The first-order valence-corrected chi connectivity index (χ1v) is 7.54. The lowest BCUT2D eigenvalue weighted by Gasteiger charge is -2.21. The van der Waals surface area contributed by atoms with Gasteiger partial charge in [0, 0.05) is 17.3 Å². The maximum absolute atomic E-state index is 12.4. The van der Waals surface area contributed by atoms with Crippen molar-refractivity contribution in [3.63, 3.8) is 0 Å². The number of amides is 3. The average Bonchev–Trinajstić information content (AvgIpc) is 2.44. The number of carbonyl (C=O) groups is 2. The Bertz CT molecular complexity index is 618. The molecule has 1 atom stereocenters. The molecule has 140 valence electrons. The third-order valence-corrected chi connectivity index (χ3v) is 2.88. The third-order valence-electron chi connectivity index (χ3n) is 2.88. The molecule has 0 saturated carbocycles. The van der Waals surface area contributed by atoms with Gasteiger partial charge >= 0.3 is 12.6 Å². The fourth-order valence-corrected chi connectivity index (χ4v) is 1.86. The van der Waals surface area contributed by atoms with Crippen molar-refractivity contribution in [3.8, 4) is 11.5 Å². The molecule has 0 aliphatic carbocycles. The first kappa shape index (κ1) is 20.5. The van der Waals surface area contributed by atoms with Crippen LogP contribution in [-0.2, 0) is 4.79 Å². The van der Waals surface area contributed by atoms with Crippen LogP contribution in [0.4, 0.5) is 19.3 Å². The molecule has 3 amide bonds. The summed E-state index contributed by atoms with van der Waals surface area (Å²) in [6, 6.07) is 2.83. The minimum atomic E-state index is -3.01. The van der Waals surface area contributed by atoms with E-state index in [1.807, 2.05) is 0 Å². The molecule has 0 radical (unpaired) electrons. The van der Waals surface area contributed by atoms with Gasteiger partial charge in [-0.1, -0.05) is 0 Å². The fraction of sp³-hybridized carbons (Fsp3) is 0.500. The highest BCUT2D eigenvalue weighted by atomic mass is 19.3. The van der Waals surface area contributed by atoms with Crippen molar-refractivity contribution in [2.24, 2.45) is 0 Å². The standard InChI is InChI=1S/C16H23F2N3O4/c1-9(13(22)20-15(23)21-16(2,3)4)19-10-6-7-11(24-5)12(8-10)25-14(17)18/h6-9,14,19H,1-5H3,(H2,20,21,22,23). The van der Waals surface area contributed by atoms with E-state index in [-0.39, 0.29) is 11.5 Å². The van der Waals surface area contributed by atoms with Crippen molar-refractivity contribution in [2.45, 2.75) is 45.9 Å². The van der Waals surface area contributed by atoms with Gasteiger partial charge < -0.3 is 20.1 Å². The molecule has 25 heavy (non-hydrogen) atoms. The fourth-order valence-electron chi connectivity index (χ4n) is 1.86. The van der Waals surface area contributed by atoms with E-state index in [2.05, 4.69) is 20.7 Å².